The number of aryl methyl sites for hydroxylation is 1. The predicted molar refractivity (Wildman–Crippen MR) is 75.0 cm³/mol. The summed E-state index contributed by atoms with van der Waals surface area (Å²) in [6, 6.07) is 6.46. The minimum absolute atomic E-state index is 0.0869. The van der Waals surface area contributed by atoms with E-state index in [0.29, 0.717) is 6.04 Å². The van der Waals surface area contributed by atoms with Gasteiger partial charge < -0.3 is 19.5 Å². The molecule has 1 saturated carbocycles. The molecule has 1 aliphatic carbocycles. The third kappa shape index (κ3) is 2.85. The number of hydrogen-bond acceptors (Lipinski definition) is 4. The van der Waals surface area contributed by atoms with E-state index in [4.69, 9.17) is 14.2 Å². The topological polar surface area (TPSA) is 39.7 Å². The molecule has 0 aromatic heterocycles. The summed E-state index contributed by atoms with van der Waals surface area (Å²) < 4.78 is 16.9. The molecule has 106 valence electrons. The van der Waals surface area contributed by atoms with Crippen LogP contribution in [0.2, 0.25) is 0 Å². The van der Waals surface area contributed by atoms with E-state index in [1.807, 2.05) is 19.2 Å². The molecule has 0 bridgehead atoms. The van der Waals surface area contributed by atoms with Crippen LogP contribution in [-0.4, -0.2) is 39.5 Å². The van der Waals surface area contributed by atoms with Gasteiger partial charge in [-0.1, -0.05) is 13.0 Å². The van der Waals surface area contributed by atoms with Gasteiger partial charge in [-0.2, -0.15) is 0 Å². The second kappa shape index (κ2) is 6.26. The summed E-state index contributed by atoms with van der Waals surface area (Å²) >= 11 is 0. The molecule has 1 aromatic carbocycles. The van der Waals surface area contributed by atoms with E-state index in [2.05, 4.69) is 18.3 Å². The zero-order valence-corrected chi connectivity index (χ0v) is 12.1. The molecule has 3 unspecified atom stereocenters. The zero-order chi connectivity index (χ0) is 13.8. The second-order valence-electron chi connectivity index (χ2n) is 4.83. The molecule has 0 radical (unpaired) electrons. The van der Waals surface area contributed by atoms with Crippen LogP contribution >= 0.6 is 0 Å². The molecule has 0 heterocycles. The van der Waals surface area contributed by atoms with Gasteiger partial charge in [0.1, 0.15) is 12.2 Å². The molecule has 1 fully saturated rings. The van der Waals surface area contributed by atoms with Crippen LogP contribution in [0.25, 0.3) is 0 Å². The van der Waals surface area contributed by atoms with E-state index in [1.165, 1.54) is 5.56 Å². The summed E-state index contributed by atoms with van der Waals surface area (Å²) in [5, 5.41) is 3.23. The summed E-state index contributed by atoms with van der Waals surface area (Å²) in [6.45, 7) is 2.12. The Labute approximate surface area is 115 Å². The van der Waals surface area contributed by atoms with Gasteiger partial charge in [0.2, 0.25) is 0 Å². The van der Waals surface area contributed by atoms with Gasteiger partial charge in [-0.15, -0.1) is 0 Å². The monoisotopic (exact) mass is 265 g/mol. The zero-order valence-electron chi connectivity index (χ0n) is 12.1. The van der Waals surface area contributed by atoms with Gasteiger partial charge >= 0.3 is 0 Å². The van der Waals surface area contributed by atoms with Gasteiger partial charge in [0.25, 0.3) is 0 Å². The fraction of sp³-hybridized carbons (Fsp3) is 0.600. The lowest BCUT2D eigenvalue weighted by Crippen LogP contribution is -2.60. The van der Waals surface area contributed by atoms with Crippen LogP contribution < -0.4 is 14.8 Å². The Balaban J connectivity index is 2.07. The van der Waals surface area contributed by atoms with Crippen LogP contribution in [0.3, 0.4) is 0 Å². The lowest BCUT2D eigenvalue weighted by molar-refractivity contribution is -0.0875. The predicted octanol–water partition coefficient (Wildman–Crippen LogP) is 2.01. The minimum atomic E-state index is 0.0869. The van der Waals surface area contributed by atoms with Crippen LogP contribution in [0.15, 0.2) is 18.2 Å². The Kier molecular flexibility index (Phi) is 4.66. The second-order valence-corrected chi connectivity index (χ2v) is 4.83. The van der Waals surface area contributed by atoms with E-state index in [1.54, 1.807) is 14.2 Å². The molecule has 1 aromatic rings. The van der Waals surface area contributed by atoms with Gasteiger partial charge in [-0.3, -0.25) is 0 Å². The largest absolute Gasteiger partial charge is 0.493 e. The Morgan fingerprint density at radius 2 is 2.05 bits per heavy atom. The third-order valence-corrected chi connectivity index (χ3v) is 3.81. The maximum absolute atomic E-state index is 6.02. The van der Waals surface area contributed by atoms with E-state index in [9.17, 15) is 0 Å². The first kappa shape index (κ1) is 14.2. The normalized spacial score (nSPS) is 25.8. The van der Waals surface area contributed by atoms with Gasteiger partial charge in [0, 0.05) is 19.6 Å². The van der Waals surface area contributed by atoms with Crippen LogP contribution in [0.1, 0.15) is 18.9 Å². The smallest absolute Gasteiger partial charge is 0.161 e. The third-order valence-electron chi connectivity index (χ3n) is 3.81. The van der Waals surface area contributed by atoms with Crippen molar-refractivity contribution in [3.05, 3.63) is 23.8 Å². The Morgan fingerprint density at radius 3 is 2.63 bits per heavy atom. The highest BCUT2D eigenvalue weighted by atomic mass is 16.6. The molecule has 0 saturated heterocycles. The van der Waals surface area contributed by atoms with Gasteiger partial charge in [0.15, 0.2) is 11.5 Å². The highest BCUT2D eigenvalue weighted by molar-refractivity contribution is 5.43. The highest BCUT2D eigenvalue weighted by Gasteiger charge is 2.42. The number of benzene rings is 1. The maximum Gasteiger partial charge on any atom is 0.161 e. The molecule has 4 heteroatoms. The molecule has 1 N–H and O–H groups in total. The number of ether oxygens (including phenoxy) is 3. The summed E-state index contributed by atoms with van der Waals surface area (Å²) in [7, 11) is 5.35. The van der Waals surface area contributed by atoms with E-state index >= 15 is 0 Å². The Morgan fingerprint density at radius 1 is 1.26 bits per heavy atom. The molecule has 19 heavy (non-hydrogen) atoms. The van der Waals surface area contributed by atoms with Crippen LogP contribution in [0, 0.1) is 0 Å². The van der Waals surface area contributed by atoms with Crippen molar-refractivity contribution in [2.24, 2.45) is 0 Å². The molecular weight excluding hydrogens is 242 g/mol. The van der Waals surface area contributed by atoms with Crippen molar-refractivity contribution in [1.29, 1.82) is 0 Å². The average Bonchev–Trinajstić information content (AvgIpc) is 2.43. The SMILES string of the molecule is CCc1ccc(OC2CC(NC)C2OC)c(OC)c1. The number of likely N-dealkylation sites (N-methyl/N-ethyl adjacent to an activating group) is 1. The number of methoxy groups -OCH3 is 2. The van der Waals surface area contributed by atoms with Crippen molar-refractivity contribution in [1.82, 2.24) is 5.32 Å². The molecule has 1 aliphatic rings. The maximum atomic E-state index is 6.02. The molecule has 0 amide bonds. The Hall–Kier alpha value is -1.26. The summed E-state index contributed by atoms with van der Waals surface area (Å²) in [4.78, 5) is 0. The van der Waals surface area contributed by atoms with E-state index in [-0.39, 0.29) is 12.2 Å². The summed E-state index contributed by atoms with van der Waals surface area (Å²) in [5.74, 6) is 1.59. The van der Waals surface area contributed by atoms with Crippen molar-refractivity contribution in [3.63, 3.8) is 0 Å². The molecule has 3 atom stereocenters. The fourth-order valence-corrected chi connectivity index (χ4v) is 2.49. The van der Waals surface area contributed by atoms with Crippen molar-refractivity contribution < 1.29 is 14.2 Å². The number of nitrogens with one attached hydrogen (secondary N) is 1. The first-order valence-electron chi connectivity index (χ1n) is 6.77. The van der Waals surface area contributed by atoms with Gasteiger partial charge in [-0.25, -0.2) is 0 Å². The molecule has 2 rings (SSSR count). The molecule has 0 spiro atoms. The standard InChI is InChI=1S/C15H23NO3/c1-5-10-6-7-12(13(8-10)17-3)19-14-9-11(16-2)15(14)18-4/h6-8,11,14-16H,5,9H2,1-4H3. The van der Waals surface area contributed by atoms with Crippen LogP contribution in [-0.2, 0) is 11.2 Å². The van der Waals surface area contributed by atoms with E-state index in [0.717, 1.165) is 24.3 Å². The van der Waals surface area contributed by atoms with Crippen LogP contribution in [0.4, 0.5) is 0 Å². The van der Waals surface area contributed by atoms with Crippen molar-refractivity contribution in [2.45, 2.75) is 38.0 Å². The van der Waals surface area contributed by atoms with Crippen molar-refractivity contribution >= 4 is 0 Å². The Bertz CT molecular complexity index is 422. The first-order chi connectivity index (χ1) is 9.23. The molecular formula is C15H23NO3. The summed E-state index contributed by atoms with van der Waals surface area (Å²) in [6.07, 6.45) is 2.13. The lowest BCUT2D eigenvalue weighted by atomic mass is 9.85. The number of rotatable bonds is 6. The van der Waals surface area contributed by atoms with Crippen LogP contribution in [0.5, 0.6) is 11.5 Å². The van der Waals surface area contributed by atoms with E-state index < -0.39 is 0 Å². The molecule has 0 aliphatic heterocycles. The average molecular weight is 265 g/mol. The van der Waals surface area contributed by atoms with Crippen molar-refractivity contribution in [2.75, 3.05) is 21.3 Å². The van der Waals surface area contributed by atoms with Gasteiger partial charge in [-0.05, 0) is 31.2 Å². The van der Waals surface area contributed by atoms with Gasteiger partial charge in [0.05, 0.1) is 7.11 Å². The number of hydrogen-bond donors (Lipinski definition) is 1. The first-order valence-corrected chi connectivity index (χ1v) is 6.77. The summed E-state index contributed by atoms with van der Waals surface area (Å²) in [5.41, 5.74) is 1.24. The highest BCUT2D eigenvalue weighted by Crippen LogP contribution is 2.34. The lowest BCUT2D eigenvalue weighted by Gasteiger charge is -2.43. The minimum Gasteiger partial charge on any atom is -0.493 e. The fourth-order valence-electron chi connectivity index (χ4n) is 2.49. The van der Waals surface area contributed by atoms with Crippen molar-refractivity contribution in [3.8, 4) is 11.5 Å². The quantitative estimate of drug-likeness (QED) is 0.854. The molecule has 4 nitrogen and oxygen atoms in total.